The molecule has 1 atom stereocenters. The van der Waals surface area contributed by atoms with Crippen molar-refractivity contribution in [1.29, 1.82) is 0 Å². The van der Waals surface area contributed by atoms with Gasteiger partial charge in [-0.2, -0.15) is 0 Å². The summed E-state index contributed by atoms with van der Waals surface area (Å²) in [5.41, 5.74) is 0. The molecular formula is C6H10O. The zero-order valence-electron chi connectivity index (χ0n) is 4.39. The van der Waals surface area contributed by atoms with Crippen LogP contribution in [-0.4, -0.2) is 12.7 Å². The number of hydrogen-bond acceptors (Lipinski definition) is 1. The van der Waals surface area contributed by atoms with Crippen LogP contribution in [0.5, 0.6) is 0 Å². The van der Waals surface area contributed by atoms with E-state index in [0.717, 1.165) is 12.5 Å². The number of ether oxygens (including phenoxy) is 1. The lowest BCUT2D eigenvalue weighted by atomic mass is 9.83. The Morgan fingerprint density at radius 1 is 1.29 bits per heavy atom. The third-order valence-corrected chi connectivity index (χ3v) is 2.03. The fourth-order valence-corrected chi connectivity index (χ4v) is 1.14. The van der Waals surface area contributed by atoms with Crippen LogP contribution in [-0.2, 0) is 4.74 Å². The summed E-state index contributed by atoms with van der Waals surface area (Å²) in [6.07, 6.45) is 5.02. The molecule has 2 aliphatic rings. The lowest BCUT2D eigenvalue weighted by molar-refractivity contribution is 0.232. The predicted octanol–water partition coefficient (Wildman–Crippen LogP) is 1.19. The first-order valence-electron chi connectivity index (χ1n) is 3.08. The van der Waals surface area contributed by atoms with Gasteiger partial charge in [0, 0.05) is 0 Å². The van der Waals surface area contributed by atoms with Crippen molar-refractivity contribution in [2.45, 2.75) is 25.4 Å². The first kappa shape index (κ1) is 3.90. The zero-order chi connectivity index (χ0) is 4.69. The van der Waals surface area contributed by atoms with Crippen LogP contribution in [0.3, 0.4) is 0 Å². The summed E-state index contributed by atoms with van der Waals surface area (Å²) in [5, 5.41) is 0. The molecule has 2 rings (SSSR count). The van der Waals surface area contributed by atoms with Crippen LogP contribution in [0.25, 0.3) is 0 Å². The molecule has 40 valence electrons. The molecule has 0 spiro atoms. The first-order valence-corrected chi connectivity index (χ1v) is 3.08. The maximum Gasteiger partial charge on any atom is 0.0838 e. The molecule has 2 fully saturated rings. The summed E-state index contributed by atoms with van der Waals surface area (Å²) in [7, 11) is 0. The summed E-state index contributed by atoms with van der Waals surface area (Å²) in [6.45, 7) is 1.06. The zero-order valence-corrected chi connectivity index (χ0v) is 4.39. The minimum Gasteiger partial charge on any atom is -0.373 e. The maximum atomic E-state index is 5.11. The second-order valence-electron chi connectivity index (χ2n) is 2.56. The van der Waals surface area contributed by atoms with E-state index in [0.29, 0.717) is 6.10 Å². The van der Waals surface area contributed by atoms with Crippen molar-refractivity contribution in [1.82, 2.24) is 0 Å². The van der Waals surface area contributed by atoms with E-state index in [2.05, 4.69) is 0 Å². The Morgan fingerprint density at radius 2 is 2.00 bits per heavy atom. The smallest absolute Gasteiger partial charge is 0.0838 e. The molecule has 1 aliphatic carbocycles. The van der Waals surface area contributed by atoms with Crippen molar-refractivity contribution in [3.63, 3.8) is 0 Å². The minimum absolute atomic E-state index is 0.703. The van der Waals surface area contributed by atoms with Gasteiger partial charge < -0.3 is 4.74 Å². The Labute approximate surface area is 43.7 Å². The van der Waals surface area contributed by atoms with Gasteiger partial charge in [-0.3, -0.25) is 0 Å². The van der Waals surface area contributed by atoms with Crippen LogP contribution in [0.1, 0.15) is 19.3 Å². The topological polar surface area (TPSA) is 12.5 Å². The van der Waals surface area contributed by atoms with Crippen LogP contribution < -0.4 is 0 Å². The molecule has 1 heteroatoms. The highest BCUT2D eigenvalue weighted by atomic mass is 16.6. The molecule has 1 unspecified atom stereocenters. The highest BCUT2D eigenvalue weighted by molar-refractivity contribution is 4.84. The van der Waals surface area contributed by atoms with Crippen molar-refractivity contribution in [3.05, 3.63) is 0 Å². The van der Waals surface area contributed by atoms with E-state index in [1.807, 2.05) is 0 Å². The first-order chi connectivity index (χ1) is 3.47. The molecule has 0 N–H and O–H groups in total. The van der Waals surface area contributed by atoms with Gasteiger partial charge >= 0.3 is 0 Å². The fraction of sp³-hybridized carbons (Fsp3) is 1.00. The van der Waals surface area contributed by atoms with Gasteiger partial charge in [-0.1, -0.05) is 6.42 Å². The largest absolute Gasteiger partial charge is 0.373 e. The van der Waals surface area contributed by atoms with Gasteiger partial charge in [-0.05, 0) is 18.8 Å². The second-order valence-corrected chi connectivity index (χ2v) is 2.56. The Kier molecular flexibility index (Phi) is 0.680. The van der Waals surface area contributed by atoms with Crippen LogP contribution in [0.2, 0.25) is 0 Å². The number of hydrogen-bond donors (Lipinski definition) is 0. The van der Waals surface area contributed by atoms with Gasteiger partial charge in [-0.15, -0.1) is 0 Å². The molecule has 0 aromatic heterocycles. The SMILES string of the molecule is C1CC(C2CO2)C1. The molecule has 1 nitrogen and oxygen atoms in total. The van der Waals surface area contributed by atoms with E-state index >= 15 is 0 Å². The second kappa shape index (κ2) is 1.22. The van der Waals surface area contributed by atoms with Gasteiger partial charge in [0.15, 0.2) is 0 Å². The number of rotatable bonds is 1. The highest BCUT2D eigenvalue weighted by Gasteiger charge is 2.35. The molecule has 7 heavy (non-hydrogen) atoms. The fourth-order valence-electron chi connectivity index (χ4n) is 1.14. The summed E-state index contributed by atoms with van der Waals surface area (Å²) in [5.74, 6) is 0.972. The van der Waals surface area contributed by atoms with Gasteiger partial charge in [0.25, 0.3) is 0 Å². The Bertz CT molecular complexity index is 72.2. The summed E-state index contributed by atoms with van der Waals surface area (Å²) in [6, 6.07) is 0. The van der Waals surface area contributed by atoms with Gasteiger partial charge in [0.05, 0.1) is 12.7 Å². The summed E-state index contributed by atoms with van der Waals surface area (Å²) >= 11 is 0. The highest BCUT2D eigenvalue weighted by Crippen LogP contribution is 2.36. The lowest BCUT2D eigenvalue weighted by Gasteiger charge is -2.22. The van der Waals surface area contributed by atoms with Crippen molar-refractivity contribution in [2.24, 2.45) is 5.92 Å². The third-order valence-electron chi connectivity index (χ3n) is 2.03. The van der Waals surface area contributed by atoms with E-state index in [1.165, 1.54) is 19.3 Å². The van der Waals surface area contributed by atoms with Crippen LogP contribution in [0.4, 0.5) is 0 Å². The number of epoxide rings is 1. The van der Waals surface area contributed by atoms with E-state index in [4.69, 9.17) is 4.74 Å². The summed E-state index contributed by atoms with van der Waals surface area (Å²) in [4.78, 5) is 0. The van der Waals surface area contributed by atoms with Crippen molar-refractivity contribution >= 4 is 0 Å². The Balaban J connectivity index is 1.83. The molecular weight excluding hydrogens is 88.1 g/mol. The quantitative estimate of drug-likeness (QED) is 0.449. The molecule has 1 heterocycles. The molecule has 0 bridgehead atoms. The van der Waals surface area contributed by atoms with E-state index in [1.54, 1.807) is 0 Å². The van der Waals surface area contributed by atoms with Crippen LogP contribution >= 0.6 is 0 Å². The molecule has 0 radical (unpaired) electrons. The molecule has 0 aromatic rings. The van der Waals surface area contributed by atoms with Crippen molar-refractivity contribution in [3.8, 4) is 0 Å². The van der Waals surface area contributed by atoms with Crippen LogP contribution in [0.15, 0.2) is 0 Å². The van der Waals surface area contributed by atoms with Crippen LogP contribution in [0, 0.1) is 5.92 Å². The van der Waals surface area contributed by atoms with Gasteiger partial charge in [-0.25, -0.2) is 0 Å². The van der Waals surface area contributed by atoms with E-state index in [9.17, 15) is 0 Å². The predicted molar refractivity (Wildman–Crippen MR) is 27.1 cm³/mol. The lowest BCUT2D eigenvalue weighted by Crippen LogP contribution is -2.16. The standard InChI is InChI=1S/C6H10O/c1-2-5(3-1)6-4-7-6/h5-6H,1-4H2. The molecule has 1 aliphatic heterocycles. The van der Waals surface area contributed by atoms with Crippen molar-refractivity contribution < 1.29 is 4.74 Å². The average molecular weight is 98.1 g/mol. The van der Waals surface area contributed by atoms with E-state index < -0.39 is 0 Å². The summed E-state index contributed by atoms with van der Waals surface area (Å²) < 4.78 is 5.11. The molecule has 1 saturated heterocycles. The Morgan fingerprint density at radius 3 is 2.14 bits per heavy atom. The van der Waals surface area contributed by atoms with Gasteiger partial charge in [0.2, 0.25) is 0 Å². The minimum atomic E-state index is 0.703. The van der Waals surface area contributed by atoms with E-state index in [-0.39, 0.29) is 0 Å². The normalized spacial score (nSPS) is 40.3. The third kappa shape index (κ3) is 0.556. The van der Waals surface area contributed by atoms with Crippen molar-refractivity contribution in [2.75, 3.05) is 6.61 Å². The molecule has 1 saturated carbocycles. The molecule has 0 aromatic carbocycles. The average Bonchev–Trinajstić information content (AvgIpc) is 2.10. The molecule has 0 amide bonds. The Hall–Kier alpha value is -0.0400. The monoisotopic (exact) mass is 98.1 g/mol. The van der Waals surface area contributed by atoms with Gasteiger partial charge in [0.1, 0.15) is 0 Å². The maximum absolute atomic E-state index is 5.11.